The van der Waals surface area contributed by atoms with Crippen molar-refractivity contribution in [2.75, 3.05) is 13.1 Å². The monoisotopic (exact) mass is 311 g/mol. The van der Waals surface area contributed by atoms with Gasteiger partial charge in [0.05, 0.1) is 5.51 Å². The summed E-state index contributed by atoms with van der Waals surface area (Å²) < 4.78 is 5.51. The molecule has 1 aliphatic rings. The average Bonchev–Trinajstić information content (AvgIpc) is 2.90. The van der Waals surface area contributed by atoms with Crippen molar-refractivity contribution in [2.45, 2.75) is 58.2 Å². The van der Waals surface area contributed by atoms with Gasteiger partial charge >= 0.3 is 6.09 Å². The molecule has 2 rings (SSSR count). The number of carbonyl (C=O) groups is 1. The number of hydrogen-bond acceptors (Lipinski definition) is 5. The molecule has 0 radical (unpaired) electrons. The van der Waals surface area contributed by atoms with Crippen molar-refractivity contribution in [3.05, 3.63) is 16.6 Å². The van der Waals surface area contributed by atoms with Crippen LogP contribution in [0, 0.1) is 0 Å². The molecule has 1 saturated heterocycles. The van der Waals surface area contributed by atoms with Gasteiger partial charge in [-0.2, -0.15) is 0 Å². The molecule has 0 unspecified atom stereocenters. The first-order chi connectivity index (χ1) is 9.96. The first kappa shape index (κ1) is 16.2. The Morgan fingerprint density at radius 2 is 2.33 bits per heavy atom. The van der Waals surface area contributed by atoms with Crippen LogP contribution in [0.1, 0.15) is 44.9 Å². The molecule has 0 aromatic carbocycles. The first-order valence-electron chi connectivity index (χ1n) is 7.53. The molecule has 1 aromatic heterocycles. The lowest BCUT2D eigenvalue weighted by Crippen LogP contribution is -2.50. The summed E-state index contributed by atoms with van der Waals surface area (Å²) in [5, 5.41) is 3.43. The molecular weight excluding hydrogens is 286 g/mol. The van der Waals surface area contributed by atoms with Gasteiger partial charge in [-0.3, -0.25) is 4.98 Å². The quantitative estimate of drug-likeness (QED) is 0.928. The molecular formula is C15H25N3O2S. The lowest BCUT2D eigenvalue weighted by atomic mass is 10.0. The van der Waals surface area contributed by atoms with E-state index >= 15 is 0 Å². The van der Waals surface area contributed by atoms with Gasteiger partial charge in [0.2, 0.25) is 0 Å². The number of ether oxygens (including phenoxy) is 1. The summed E-state index contributed by atoms with van der Waals surface area (Å²) >= 11 is 1.65. The number of nitrogens with one attached hydrogen (secondary N) is 1. The van der Waals surface area contributed by atoms with Crippen molar-refractivity contribution in [2.24, 2.45) is 0 Å². The van der Waals surface area contributed by atoms with Crippen molar-refractivity contribution in [1.82, 2.24) is 15.2 Å². The van der Waals surface area contributed by atoms with E-state index in [0.717, 1.165) is 32.5 Å². The van der Waals surface area contributed by atoms with Gasteiger partial charge < -0.3 is 15.0 Å². The summed E-state index contributed by atoms with van der Waals surface area (Å²) in [5.74, 6) is 0. The number of carbonyl (C=O) groups excluding carboxylic acids is 1. The number of likely N-dealkylation sites (tertiary alicyclic amines) is 1. The molecule has 6 heteroatoms. The van der Waals surface area contributed by atoms with Crippen LogP contribution in [0.5, 0.6) is 0 Å². The van der Waals surface area contributed by atoms with Crippen LogP contribution in [0.15, 0.2) is 11.7 Å². The lowest BCUT2D eigenvalue weighted by molar-refractivity contribution is 0.00994. The number of nitrogens with zero attached hydrogens (tertiary/aromatic N) is 2. The second-order valence-corrected chi connectivity index (χ2v) is 7.39. The van der Waals surface area contributed by atoms with Crippen LogP contribution < -0.4 is 5.32 Å². The minimum absolute atomic E-state index is 0.188. The summed E-state index contributed by atoms with van der Waals surface area (Å²) in [6.07, 6.45) is 4.96. The Hall–Kier alpha value is -1.14. The third-order valence-corrected chi connectivity index (χ3v) is 4.20. The van der Waals surface area contributed by atoms with Crippen LogP contribution in [-0.2, 0) is 11.3 Å². The molecule has 5 nitrogen and oxygen atoms in total. The Morgan fingerprint density at radius 1 is 1.52 bits per heavy atom. The lowest BCUT2D eigenvalue weighted by Gasteiger charge is -2.36. The molecule has 1 aliphatic heterocycles. The smallest absolute Gasteiger partial charge is 0.410 e. The van der Waals surface area contributed by atoms with Crippen molar-refractivity contribution >= 4 is 17.4 Å². The molecule has 1 aromatic rings. The van der Waals surface area contributed by atoms with Gasteiger partial charge in [-0.25, -0.2) is 4.79 Å². The SMILES string of the molecule is CC(C)(C)OC(=O)N1CCCC[C@@H]1CNCc1cncs1. The number of rotatable bonds is 4. The van der Waals surface area contributed by atoms with Gasteiger partial charge in [-0.05, 0) is 40.0 Å². The van der Waals surface area contributed by atoms with Crippen LogP contribution in [-0.4, -0.2) is 40.7 Å². The summed E-state index contributed by atoms with van der Waals surface area (Å²) in [6, 6.07) is 0.224. The zero-order valence-electron chi connectivity index (χ0n) is 13.1. The van der Waals surface area contributed by atoms with Gasteiger partial charge in [-0.1, -0.05) is 0 Å². The molecule has 118 valence electrons. The normalized spacial score (nSPS) is 19.6. The second kappa shape index (κ2) is 7.22. The van der Waals surface area contributed by atoms with E-state index in [1.165, 1.54) is 11.3 Å². The fourth-order valence-electron chi connectivity index (χ4n) is 2.47. The summed E-state index contributed by atoms with van der Waals surface area (Å²) in [6.45, 7) is 8.13. The van der Waals surface area contributed by atoms with Crippen molar-refractivity contribution in [3.63, 3.8) is 0 Å². The van der Waals surface area contributed by atoms with Gasteiger partial charge in [-0.15, -0.1) is 11.3 Å². The maximum atomic E-state index is 12.3. The minimum Gasteiger partial charge on any atom is -0.444 e. The summed E-state index contributed by atoms with van der Waals surface area (Å²) in [5.41, 5.74) is 1.40. The van der Waals surface area contributed by atoms with Crippen LogP contribution >= 0.6 is 11.3 Å². The molecule has 1 N–H and O–H groups in total. The zero-order chi connectivity index (χ0) is 15.3. The molecule has 1 fully saturated rings. The van der Waals surface area contributed by atoms with E-state index in [9.17, 15) is 4.79 Å². The summed E-state index contributed by atoms with van der Waals surface area (Å²) in [7, 11) is 0. The Morgan fingerprint density at radius 3 is 3.00 bits per heavy atom. The summed E-state index contributed by atoms with van der Waals surface area (Å²) in [4.78, 5) is 19.4. The van der Waals surface area contributed by atoms with Gasteiger partial charge in [0.1, 0.15) is 5.60 Å². The third kappa shape index (κ3) is 5.28. The van der Waals surface area contributed by atoms with Crippen LogP contribution in [0.2, 0.25) is 0 Å². The Balaban J connectivity index is 1.84. The van der Waals surface area contributed by atoms with Crippen molar-refractivity contribution < 1.29 is 9.53 Å². The molecule has 1 atom stereocenters. The minimum atomic E-state index is -0.435. The first-order valence-corrected chi connectivity index (χ1v) is 8.41. The predicted molar refractivity (Wildman–Crippen MR) is 84.4 cm³/mol. The number of amides is 1. The van der Waals surface area contributed by atoms with E-state index in [2.05, 4.69) is 10.3 Å². The largest absolute Gasteiger partial charge is 0.444 e. The van der Waals surface area contributed by atoms with E-state index < -0.39 is 5.60 Å². The number of thiazole rings is 1. The number of hydrogen-bond donors (Lipinski definition) is 1. The van der Waals surface area contributed by atoms with Crippen molar-refractivity contribution in [1.29, 1.82) is 0 Å². The third-order valence-electron chi connectivity index (χ3n) is 3.42. The molecule has 0 saturated carbocycles. The molecule has 2 heterocycles. The molecule has 21 heavy (non-hydrogen) atoms. The van der Waals surface area contributed by atoms with E-state index in [1.54, 1.807) is 11.3 Å². The van der Waals surface area contributed by atoms with Crippen molar-refractivity contribution in [3.8, 4) is 0 Å². The molecule has 0 aliphatic carbocycles. The van der Waals surface area contributed by atoms with E-state index in [1.807, 2.05) is 37.4 Å². The van der Waals surface area contributed by atoms with E-state index in [0.29, 0.717) is 0 Å². The molecule has 0 spiro atoms. The van der Waals surface area contributed by atoms with Crippen LogP contribution in [0.3, 0.4) is 0 Å². The zero-order valence-corrected chi connectivity index (χ0v) is 13.9. The maximum Gasteiger partial charge on any atom is 0.410 e. The Bertz CT molecular complexity index is 442. The standard InChI is InChI=1S/C15H25N3O2S/c1-15(2,3)20-14(19)18-7-5-4-6-12(18)8-16-9-13-10-17-11-21-13/h10-12,16H,4-9H2,1-3H3/t12-/m1/s1. The van der Waals surface area contributed by atoms with Crippen LogP contribution in [0.4, 0.5) is 4.79 Å². The Kier molecular flexibility index (Phi) is 5.58. The average molecular weight is 311 g/mol. The number of piperidine rings is 1. The van der Waals surface area contributed by atoms with Gasteiger partial charge in [0.25, 0.3) is 0 Å². The van der Waals surface area contributed by atoms with E-state index in [4.69, 9.17) is 4.74 Å². The fourth-order valence-corrected chi connectivity index (χ4v) is 3.03. The van der Waals surface area contributed by atoms with Gasteiger partial charge in [0.15, 0.2) is 0 Å². The van der Waals surface area contributed by atoms with Gasteiger partial charge in [0, 0.05) is 36.8 Å². The second-order valence-electron chi connectivity index (χ2n) is 6.42. The highest BCUT2D eigenvalue weighted by Gasteiger charge is 2.30. The molecule has 0 bridgehead atoms. The number of aromatic nitrogens is 1. The van der Waals surface area contributed by atoms with E-state index in [-0.39, 0.29) is 12.1 Å². The highest BCUT2D eigenvalue weighted by atomic mass is 32.1. The highest BCUT2D eigenvalue weighted by molar-refractivity contribution is 7.09. The Labute approximate surface area is 130 Å². The predicted octanol–water partition coefficient (Wildman–Crippen LogP) is 3.02. The maximum absolute atomic E-state index is 12.3. The molecule has 1 amide bonds. The van der Waals surface area contributed by atoms with Crippen LogP contribution in [0.25, 0.3) is 0 Å². The highest BCUT2D eigenvalue weighted by Crippen LogP contribution is 2.20. The fraction of sp³-hybridized carbons (Fsp3) is 0.733. The topological polar surface area (TPSA) is 54.5 Å².